The van der Waals surface area contributed by atoms with E-state index >= 15 is 0 Å². The minimum absolute atomic E-state index is 0.305. The number of carbonyl (C=O) groups excluding carboxylic acids is 1. The molecule has 0 heterocycles. The van der Waals surface area contributed by atoms with Gasteiger partial charge in [-0.2, -0.15) is 0 Å². The number of hydrogen-bond acceptors (Lipinski definition) is 1. The molecule has 0 N–H and O–H groups in total. The van der Waals surface area contributed by atoms with E-state index in [2.05, 4.69) is 45.0 Å². The van der Waals surface area contributed by atoms with Crippen LogP contribution in [0.2, 0.25) is 0 Å². The zero-order valence-electron chi connectivity index (χ0n) is 11.8. The van der Waals surface area contributed by atoms with E-state index in [4.69, 9.17) is 0 Å². The number of Topliss-reactive ketones (excluding diaryl/α,β-unsaturated/α-hetero) is 1. The SMILES string of the molecule is Cc1ccc(CC(=O)C2CCC(C)(C)CC2)cc1. The van der Waals surface area contributed by atoms with Crippen molar-refractivity contribution in [1.29, 1.82) is 0 Å². The molecule has 1 heteroatoms. The third-order valence-corrected chi connectivity index (χ3v) is 4.29. The number of benzene rings is 1. The topological polar surface area (TPSA) is 17.1 Å². The maximum atomic E-state index is 12.3. The molecule has 1 aromatic rings. The number of rotatable bonds is 3. The molecule has 0 saturated heterocycles. The van der Waals surface area contributed by atoms with Gasteiger partial charge in [-0.3, -0.25) is 4.79 Å². The minimum atomic E-state index is 0.305. The van der Waals surface area contributed by atoms with Gasteiger partial charge in [-0.05, 0) is 43.6 Å². The van der Waals surface area contributed by atoms with Crippen molar-refractivity contribution < 1.29 is 4.79 Å². The fraction of sp³-hybridized carbons (Fsp3) is 0.588. The first-order valence-corrected chi connectivity index (χ1v) is 7.04. The van der Waals surface area contributed by atoms with Gasteiger partial charge in [0.05, 0.1) is 0 Å². The summed E-state index contributed by atoms with van der Waals surface area (Å²) < 4.78 is 0. The molecule has 0 atom stereocenters. The second-order valence-electron chi connectivity index (χ2n) is 6.57. The summed E-state index contributed by atoms with van der Waals surface area (Å²) in [4.78, 5) is 12.3. The van der Waals surface area contributed by atoms with Gasteiger partial charge in [0.1, 0.15) is 5.78 Å². The van der Waals surface area contributed by atoms with Crippen molar-refractivity contribution in [3.8, 4) is 0 Å². The number of aryl methyl sites for hydroxylation is 1. The van der Waals surface area contributed by atoms with E-state index in [1.54, 1.807) is 0 Å². The molecular formula is C17H24O. The third kappa shape index (κ3) is 3.44. The second-order valence-corrected chi connectivity index (χ2v) is 6.57. The normalized spacial score (nSPS) is 19.7. The molecule has 0 aliphatic heterocycles. The Hall–Kier alpha value is -1.11. The van der Waals surface area contributed by atoms with E-state index in [0.717, 1.165) is 18.4 Å². The van der Waals surface area contributed by atoms with Gasteiger partial charge < -0.3 is 0 Å². The molecule has 0 amide bonds. The lowest BCUT2D eigenvalue weighted by Gasteiger charge is -2.33. The first-order valence-electron chi connectivity index (χ1n) is 7.04. The molecule has 0 aromatic heterocycles. The standard InChI is InChI=1S/C17H24O/c1-13-4-6-14(7-5-13)12-16(18)15-8-10-17(2,3)11-9-15/h4-7,15H,8-12H2,1-3H3. The summed E-state index contributed by atoms with van der Waals surface area (Å²) in [5, 5.41) is 0. The molecule has 2 rings (SSSR count). The predicted octanol–water partition coefficient (Wildman–Crippen LogP) is 4.32. The highest BCUT2D eigenvalue weighted by atomic mass is 16.1. The first-order chi connectivity index (χ1) is 8.46. The largest absolute Gasteiger partial charge is 0.299 e. The van der Waals surface area contributed by atoms with E-state index in [1.807, 2.05) is 0 Å². The summed E-state index contributed by atoms with van der Waals surface area (Å²) in [6.07, 6.45) is 5.16. The fourth-order valence-electron chi connectivity index (χ4n) is 2.77. The van der Waals surface area contributed by atoms with E-state index in [0.29, 0.717) is 23.5 Å². The Morgan fingerprint density at radius 2 is 1.72 bits per heavy atom. The lowest BCUT2D eigenvalue weighted by Crippen LogP contribution is -2.27. The second kappa shape index (κ2) is 5.26. The molecule has 1 saturated carbocycles. The lowest BCUT2D eigenvalue weighted by atomic mass is 9.71. The summed E-state index contributed by atoms with van der Waals surface area (Å²) in [5.41, 5.74) is 2.86. The van der Waals surface area contributed by atoms with E-state index in [1.165, 1.54) is 18.4 Å². The van der Waals surface area contributed by atoms with Crippen LogP contribution < -0.4 is 0 Å². The van der Waals surface area contributed by atoms with Crippen LogP contribution in [0.4, 0.5) is 0 Å². The van der Waals surface area contributed by atoms with Crippen molar-refractivity contribution in [3.63, 3.8) is 0 Å². The molecule has 0 radical (unpaired) electrons. The highest BCUT2D eigenvalue weighted by Gasteiger charge is 2.30. The minimum Gasteiger partial charge on any atom is -0.299 e. The molecule has 98 valence electrons. The Morgan fingerprint density at radius 3 is 2.28 bits per heavy atom. The van der Waals surface area contributed by atoms with Crippen LogP contribution in [0.3, 0.4) is 0 Å². The van der Waals surface area contributed by atoms with Crippen molar-refractivity contribution in [2.75, 3.05) is 0 Å². The number of hydrogen-bond donors (Lipinski definition) is 0. The van der Waals surface area contributed by atoms with E-state index < -0.39 is 0 Å². The lowest BCUT2D eigenvalue weighted by molar-refractivity contribution is -0.123. The van der Waals surface area contributed by atoms with Gasteiger partial charge in [0.2, 0.25) is 0 Å². The van der Waals surface area contributed by atoms with Gasteiger partial charge in [0.15, 0.2) is 0 Å². The fourth-order valence-corrected chi connectivity index (χ4v) is 2.77. The van der Waals surface area contributed by atoms with Crippen LogP contribution >= 0.6 is 0 Å². The Kier molecular flexibility index (Phi) is 3.89. The van der Waals surface area contributed by atoms with Crippen LogP contribution in [0.5, 0.6) is 0 Å². The summed E-state index contributed by atoms with van der Waals surface area (Å²) in [5.74, 6) is 0.744. The van der Waals surface area contributed by atoms with Crippen LogP contribution in [0.15, 0.2) is 24.3 Å². The maximum Gasteiger partial charge on any atom is 0.140 e. The van der Waals surface area contributed by atoms with Crippen LogP contribution in [0, 0.1) is 18.3 Å². The molecule has 1 fully saturated rings. The highest BCUT2D eigenvalue weighted by molar-refractivity contribution is 5.83. The van der Waals surface area contributed by atoms with Crippen molar-refractivity contribution >= 4 is 5.78 Å². The summed E-state index contributed by atoms with van der Waals surface area (Å²) in [6, 6.07) is 8.35. The molecule has 1 aliphatic rings. The van der Waals surface area contributed by atoms with Crippen LogP contribution in [-0.4, -0.2) is 5.78 Å². The highest BCUT2D eigenvalue weighted by Crippen LogP contribution is 2.38. The summed E-state index contributed by atoms with van der Waals surface area (Å²) >= 11 is 0. The van der Waals surface area contributed by atoms with Gasteiger partial charge in [-0.25, -0.2) is 0 Å². The molecule has 0 unspecified atom stereocenters. The van der Waals surface area contributed by atoms with Gasteiger partial charge in [-0.15, -0.1) is 0 Å². The van der Waals surface area contributed by atoms with Crippen LogP contribution in [-0.2, 0) is 11.2 Å². The molecular weight excluding hydrogens is 220 g/mol. The molecule has 0 spiro atoms. The third-order valence-electron chi connectivity index (χ3n) is 4.29. The molecule has 1 aliphatic carbocycles. The monoisotopic (exact) mass is 244 g/mol. The average Bonchev–Trinajstić information content (AvgIpc) is 2.32. The Balaban J connectivity index is 1.91. The van der Waals surface area contributed by atoms with Crippen molar-refractivity contribution in [1.82, 2.24) is 0 Å². The first kappa shape index (κ1) is 13.3. The predicted molar refractivity (Wildman–Crippen MR) is 75.6 cm³/mol. The Labute approximate surface area is 111 Å². The zero-order chi connectivity index (χ0) is 13.2. The van der Waals surface area contributed by atoms with Crippen molar-refractivity contribution in [3.05, 3.63) is 35.4 Å². The summed E-state index contributed by atoms with van der Waals surface area (Å²) in [6.45, 7) is 6.70. The van der Waals surface area contributed by atoms with Crippen molar-refractivity contribution in [2.24, 2.45) is 11.3 Å². The molecule has 18 heavy (non-hydrogen) atoms. The van der Waals surface area contributed by atoms with E-state index in [9.17, 15) is 4.79 Å². The van der Waals surface area contributed by atoms with Gasteiger partial charge >= 0.3 is 0 Å². The Morgan fingerprint density at radius 1 is 1.17 bits per heavy atom. The van der Waals surface area contributed by atoms with Gasteiger partial charge in [0, 0.05) is 12.3 Å². The number of ketones is 1. The van der Waals surface area contributed by atoms with Gasteiger partial charge in [0.25, 0.3) is 0 Å². The molecule has 1 aromatic carbocycles. The van der Waals surface area contributed by atoms with Crippen molar-refractivity contribution in [2.45, 2.75) is 52.9 Å². The zero-order valence-corrected chi connectivity index (χ0v) is 11.8. The quantitative estimate of drug-likeness (QED) is 0.773. The van der Waals surface area contributed by atoms with Crippen LogP contribution in [0.25, 0.3) is 0 Å². The number of carbonyl (C=O) groups is 1. The molecule has 0 bridgehead atoms. The smallest absolute Gasteiger partial charge is 0.140 e. The molecule has 1 nitrogen and oxygen atoms in total. The van der Waals surface area contributed by atoms with E-state index in [-0.39, 0.29) is 0 Å². The average molecular weight is 244 g/mol. The Bertz CT molecular complexity index is 404. The summed E-state index contributed by atoms with van der Waals surface area (Å²) in [7, 11) is 0. The maximum absolute atomic E-state index is 12.3. The van der Waals surface area contributed by atoms with Gasteiger partial charge in [-0.1, -0.05) is 43.7 Å². The van der Waals surface area contributed by atoms with Crippen LogP contribution in [0.1, 0.15) is 50.7 Å².